The molecule has 0 N–H and O–H groups in total. The smallest absolute Gasteiger partial charge is 0.335 e. The number of aldehydes is 1. The van der Waals surface area contributed by atoms with Crippen LogP contribution in [0.15, 0.2) is 267 Å². The van der Waals surface area contributed by atoms with Gasteiger partial charge in [-0.05, 0) is 271 Å². The molecule has 20 nitrogen and oxygen atoms in total. The summed E-state index contributed by atoms with van der Waals surface area (Å²) in [6.45, 7) is 23.7. The maximum absolute atomic E-state index is 13.0. The van der Waals surface area contributed by atoms with E-state index in [0.717, 1.165) is 125 Å². The Kier molecular flexibility index (Phi) is 30.7. The number of benzene rings is 13. The summed E-state index contributed by atoms with van der Waals surface area (Å²) in [5.74, 6) is 4.73. The third-order valence-corrected chi connectivity index (χ3v) is 22.4. The Morgan fingerprint density at radius 1 is 0.372 bits per heavy atom. The molecule has 0 bridgehead atoms. The van der Waals surface area contributed by atoms with Crippen LogP contribution in [0.4, 0.5) is 62.6 Å². The molecule has 0 aromatic heterocycles. The summed E-state index contributed by atoms with van der Waals surface area (Å²) in [6.07, 6.45) is 8.70. The topological polar surface area (TPSA) is 210 Å². The van der Waals surface area contributed by atoms with E-state index in [9.17, 15) is 24.4 Å². The molecule has 0 saturated carbocycles. The standard InChI is InChI=1S/C56H44N4O4.C22H26N2O6P2.C21H19NO3/c1-58-56-42(13-7-40-10-18-44(19-11-40)60(47-24-32-51(63-4)33-25-47)48-26-34-52(64-5)35-27-48)15-36-53-54(56)37-14-41(55(53)38-57)12-6-39-8-16-43(17-9-39)59(45-20-28-49(61-2)29-21-45)46-22-30-50(62-3)31-23-46;1-6-27-22(31-25,28-7-2)20-13-12-17-18(21(20)24-5)11-10-16(19(17)14-23)15-32(26,29-8-3)30-9-4;1-24-20-11-7-18(8-12-20)22(17-5-3-16(15-23)4-6-17)19-9-13-21(25-2)14-10-19/h6-37H,2-5H3;10-13H,6-9,15H2,1-4H3;3-15H,1-2H3. The number of rotatable bonds is 32. The van der Waals surface area contributed by atoms with Crippen molar-refractivity contribution in [3.63, 3.8) is 0 Å². The molecule has 0 aliphatic heterocycles. The molecule has 0 unspecified atom stereocenters. The fourth-order valence-corrected chi connectivity index (χ4v) is 16.1. The van der Waals surface area contributed by atoms with Gasteiger partial charge in [0.2, 0.25) is 19.8 Å². The van der Waals surface area contributed by atoms with Gasteiger partial charge in [0.25, 0.3) is 5.53 Å². The van der Waals surface area contributed by atoms with E-state index in [-0.39, 0.29) is 43.8 Å². The Balaban J connectivity index is 0.000000207. The van der Waals surface area contributed by atoms with Gasteiger partial charge in [-0.3, -0.25) is 13.9 Å². The lowest BCUT2D eigenvalue weighted by Gasteiger charge is -2.28. The minimum absolute atomic E-state index is 0.0659. The maximum atomic E-state index is 13.0. The van der Waals surface area contributed by atoms with Crippen LogP contribution in [0.2, 0.25) is 0 Å². The minimum atomic E-state index is -3.43. The number of carbonyl (C=O) groups excluding carboxylic acids is 1. The summed E-state index contributed by atoms with van der Waals surface area (Å²) in [5, 5.41) is 22.8. The lowest BCUT2D eigenvalue weighted by Crippen LogP contribution is -2.27. The van der Waals surface area contributed by atoms with Crippen LogP contribution < -0.4 is 43.1 Å². The van der Waals surface area contributed by atoms with Crippen molar-refractivity contribution in [1.82, 2.24) is 0 Å². The second-order valence-electron chi connectivity index (χ2n) is 26.6. The van der Waals surface area contributed by atoms with Gasteiger partial charge in [-0.15, -0.1) is 0 Å². The summed E-state index contributed by atoms with van der Waals surface area (Å²) in [4.78, 5) is 25.0. The van der Waals surface area contributed by atoms with Crippen LogP contribution >= 0.6 is 16.1 Å². The molecule has 608 valence electrons. The molecule has 0 spiro atoms. The highest BCUT2D eigenvalue weighted by atomic mass is 31.2. The molecule has 121 heavy (non-hydrogen) atoms. The lowest BCUT2D eigenvalue weighted by atomic mass is 9.95. The molecular weight excluding hydrogens is 1560 g/mol. The van der Waals surface area contributed by atoms with E-state index < -0.39 is 21.6 Å². The summed E-state index contributed by atoms with van der Waals surface area (Å²) < 4.78 is 79.3. The van der Waals surface area contributed by atoms with Gasteiger partial charge in [-0.25, -0.2) is 9.69 Å². The van der Waals surface area contributed by atoms with Gasteiger partial charge in [0.05, 0.1) is 86.3 Å². The third kappa shape index (κ3) is 20.9. The molecule has 0 amide bonds. The van der Waals surface area contributed by atoms with E-state index >= 15 is 0 Å². The van der Waals surface area contributed by atoms with Crippen LogP contribution in [0.25, 0.3) is 55.5 Å². The number of hydrogen-bond acceptors (Lipinski definition) is 18. The SMILES string of the molecule is COc1ccc(N(c2ccc(C=O)cc2)c2ccc(OC)cc2)cc1.[C-]#[N+]c1c(C(OCC)(OCC)P=O)ccc2c(C#N)c(CP(=O)(OCC)OCC)ccc12.[C-]#[N+]c1c(C=Cc2ccc(N(c3ccc(OC)cc3)c3ccc(OC)cc3)cc2)ccc2c(C#N)c(C=Cc3ccc(N(c4ccc(OC)cc4)c4ccc(OC)cc4)cc3)ccc12. The molecule has 0 fully saturated rings. The van der Waals surface area contributed by atoms with E-state index in [2.05, 4.69) is 85.1 Å². The number of nitriles is 2. The molecule has 13 rings (SSSR count). The molecule has 22 heteroatoms. The quantitative estimate of drug-likeness (QED) is 0.0126. The molecule has 0 aliphatic carbocycles. The van der Waals surface area contributed by atoms with Crippen LogP contribution in [0.3, 0.4) is 0 Å². The largest absolute Gasteiger partial charge is 0.497 e. The highest BCUT2D eigenvalue weighted by molar-refractivity contribution is 7.53. The predicted octanol–water partition coefficient (Wildman–Crippen LogP) is 26.1. The first-order chi connectivity index (χ1) is 59.1. The number of fused-ring (bicyclic) bond motifs is 2. The van der Waals surface area contributed by atoms with Gasteiger partial charge in [-0.1, -0.05) is 97.1 Å². The number of ether oxygens (including phenoxy) is 8. The second-order valence-corrected chi connectivity index (χ2v) is 29.5. The number of nitrogens with zero attached hydrogens (tertiary/aromatic N) is 7. The zero-order valence-electron chi connectivity index (χ0n) is 68.7. The molecule has 0 atom stereocenters. The zero-order valence-corrected chi connectivity index (χ0v) is 70.4. The Morgan fingerprint density at radius 3 is 0.983 bits per heavy atom. The minimum Gasteiger partial charge on any atom is -0.497 e. The fourth-order valence-electron chi connectivity index (χ4n) is 13.7. The first-order valence-corrected chi connectivity index (χ1v) is 41.2. The Labute approximate surface area is 707 Å². The van der Waals surface area contributed by atoms with Gasteiger partial charge in [-0.2, -0.15) is 10.5 Å². The van der Waals surface area contributed by atoms with Crippen LogP contribution in [-0.4, -0.2) is 75.4 Å². The average molecular weight is 1650 g/mol. The van der Waals surface area contributed by atoms with Gasteiger partial charge >= 0.3 is 7.60 Å². The van der Waals surface area contributed by atoms with Gasteiger partial charge in [0, 0.05) is 75.5 Å². The summed E-state index contributed by atoms with van der Waals surface area (Å²) >= 11 is 0. The number of anilines is 9. The number of methoxy groups -OCH3 is 6. The zero-order chi connectivity index (χ0) is 85.8. The fraction of sp³-hybridized carbons (Fsp3) is 0.162. The van der Waals surface area contributed by atoms with Crippen molar-refractivity contribution in [1.29, 1.82) is 10.5 Å². The van der Waals surface area contributed by atoms with E-state index in [4.69, 9.17) is 60.1 Å². The van der Waals surface area contributed by atoms with E-state index in [1.807, 2.05) is 218 Å². The van der Waals surface area contributed by atoms with Gasteiger partial charge in [0.15, 0.2) is 0 Å². The average Bonchev–Trinajstić information content (AvgIpc) is 0.749. The predicted molar refractivity (Wildman–Crippen MR) is 483 cm³/mol. The Bertz CT molecular complexity index is 5640. The van der Waals surface area contributed by atoms with Crippen molar-refractivity contribution in [3.8, 4) is 46.6 Å². The molecule has 0 saturated heterocycles. The van der Waals surface area contributed by atoms with Crippen LogP contribution in [0, 0.1) is 35.8 Å². The normalized spacial score (nSPS) is 11.1. The van der Waals surface area contributed by atoms with Crippen molar-refractivity contribution in [2.24, 2.45) is 0 Å². The first-order valence-electron chi connectivity index (χ1n) is 38.7. The molecular formula is C99H89N7O13P2. The summed E-state index contributed by atoms with van der Waals surface area (Å²) in [6, 6.07) is 90.3. The van der Waals surface area contributed by atoms with Crippen LogP contribution in [0.1, 0.15) is 82.6 Å². The molecule has 0 heterocycles. The highest BCUT2D eigenvalue weighted by Crippen LogP contribution is 2.53. The van der Waals surface area contributed by atoms with Crippen molar-refractivity contribution in [2.75, 3.05) is 83.8 Å². The third-order valence-electron chi connectivity index (χ3n) is 19.6. The lowest BCUT2D eigenvalue weighted by molar-refractivity contribution is -0.176. The van der Waals surface area contributed by atoms with Crippen LogP contribution in [0.5, 0.6) is 34.5 Å². The second kappa shape index (κ2) is 42.3. The van der Waals surface area contributed by atoms with Crippen molar-refractivity contribution in [2.45, 2.75) is 39.4 Å². The first kappa shape index (κ1) is 87.7. The highest BCUT2D eigenvalue weighted by Gasteiger charge is 2.39. The molecule has 0 aliphatic rings. The summed E-state index contributed by atoms with van der Waals surface area (Å²) in [5.41, 5.74) is 13.6. The Hall–Kier alpha value is -14.1. The number of carbonyl (C=O) groups is 1. The van der Waals surface area contributed by atoms with Crippen molar-refractivity contribution >= 4 is 131 Å². The Morgan fingerprint density at radius 2 is 0.669 bits per heavy atom. The number of hydrogen-bond donors (Lipinski definition) is 0. The van der Waals surface area contributed by atoms with E-state index in [1.54, 1.807) is 94.6 Å². The molecule has 0 radical (unpaired) electrons. The van der Waals surface area contributed by atoms with Crippen molar-refractivity contribution in [3.05, 3.63) is 340 Å². The summed E-state index contributed by atoms with van der Waals surface area (Å²) in [7, 11) is 6.05. The van der Waals surface area contributed by atoms with E-state index in [1.165, 1.54) is 0 Å². The van der Waals surface area contributed by atoms with Gasteiger partial charge in [0.1, 0.15) is 52.9 Å². The van der Waals surface area contributed by atoms with Crippen molar-refractivity contribution < 1.29 is 60.9 Å². The van der Waals surface area contributed by atoms with Gasteiger partial charge < -0.3 is 61.6 Å². The molecule has 13 aromatic carbocycles. The van der Waals surface area contributed by atoms with E-state index in [0.29, 0.717) is 38.7 Å². The maximum Gasteiger partial charge on any atom is 0.335 e. The monoisotopic (exact) mass is 1650 g/mol. The molecule has 13 aromatic rings. The van der Waals surface area contributed by atoms with Crippen LogP contribution in [-0.2, 0) is 39.3 Å².